The van der Waals surface area contributed by atoms with Crippen molar-refractivity contribution in [3.05, 3.63) is 36.6 Å². The molecule has 0 heterocycles. The van der Waals surface area contributed by atoms with Gasteiger partial charge in [0.15, 0.2) is 0 Å². The van der Waals surface area contributed by atoms with Crippen LogP contribution in [0.15, 0.2) is 36.6 Å². The summed E-state index contributed by atoms with van der Waals surface area (Å²) in [5.41, 5.74) is 0.691. The Labute approximate surface area is 80.8 Å². The average molecular weight is 176 g/mol. The van der Waals surface area contributed by atoms with Crippen LogP contribution in [0.1, 0.15) is 13.8 Å². The Kier molecular flexibility index (Phi) is 5.47. The maximum atomic E-state index is 5.07. The maximum Gasteiger partial charge on any atom is 0.133 e. The minimum atomic E-state index is 0.346. The molecule has 0 spiro atoms. The van der Waals surface area contributed by atoms with Crippen LogP contribution in [0.3, 0.4) is 0 Å². The lowest BCUT2D eigenvalue weighted by atomic mass is 10.2. The molecule has 0 aromatic heterocycles. The molecular weight excluding hydrogens is 160 g/mol. The van der Waals surface area contributed by atoms with Gasteiger partial charge in [0.2, 0.25) is 0 Å². The smallest absolute Gasteiger partial charge is 0.133 e. The Balaban J connectivity index is 4.52. The lowest BCUT2D eigenvalue weighted by Gasteiger charge is -2.02. The van der Waals surface area contributed by atoms with E-state index in [1.165, 1.54) is 0 Å². The van der Waals surface area contributed by atoms with Crippen molar-refractivity contribution < 1.29 is 4.74 Å². The molecule has 0 amide bonds. The van der Waals surface area contributed by atoms with Crippen molar-refractivity contribution in [1.82, 2.24) is 0 Å². The van der Waals surface area contributed by atoms with Crippen LogP contribution in [-0.2, 0) is 4.74 Å². The second kappa shape index (κ2) is 6.14. The van der Waals surface area contributed by atoms with E-state index in [1.807, 2.05) is 13.8 Å². The topological polar surface area (TPSA) is 9.23 Å². The van der Waals surface area contributed by atoms with Crippen molar-refractivity contribution in [1.29, 1.82) is 0 Å². The number of ether oxygens (including phenoxy) is 1. The summed E-state index contributed by atoms with van der Waals surface area (Å²) >= 11 is 0. The van der Waals surface area contributed by atoms with E-state index in [9.17, 15) is 0 Å². The predicted molar refractivity (Wildman–Crippen MR) is 57.0 cm³/mol. The molecule has 0 unspecified atom stereocenters. The van der Waals surface area contributed by atoms with Crippen LogP contribution in [0.5, 0.6) is 0 Å². The summed E-state index contributed by atoms with van der Waals surface area (Å²) in [6.07, 6.45) is 3.40. The standard InChI is InChI=1S/C12H16O/c1-6-7-12(13-5)11(4)9-8-10(2)3/h6-7,10H,1,4H2,2-3,5H3/b12-7+. The summed E-state index contributed by atoms with van der Waals surface area (Å²) in [4.78, 5) is 0. The van der Waals surface area contributed by atoms with E-state index in [-0.39, 0.29) is 0 Å². The molecule has 0 aromatic carbocycles. The number of allylic oxidation sites excluding steroid dienone is 3. The highest BCUT2D eigenvalue weighted by molar-refractivity contribution is 5.41. The van der Waals surface area contributed by atoms with Crippen molar-refractivity contribution >= 4 is 0 Å². The first-order chi connectivity index (χ1) is 6.11. The number of rotatable bonds is 3. The molecule has 13 heavy (non-hydrogen) atoms. The molecule has 0 aliphatic carbocycles. The fourth-order valence-corrected chi connectivity index (χ4v) is 0.692. The first-order valence-corrected chi connectivity index (χ1v) is 4.19. The summed E-state index contributed by atoms with van der Waals surface area (Å²) < 4.78 is 5.07. The molecule has 0 rings (SSSR count). The highest BCUT2D eigenvalue weighted by Gasteiger charge is 1.96. The van der Waals surface area contributed by atoms with Crippen LogP contribution in [0, 0.1) is 17.8 Å². The fourth-order valence-electron chi connectivity index (χ4n) is 0.692. The summed E-state index contributed by atoms with van der Waals surface area (Å²) in [6.45, 7) is 11.4. The van der Waals surface area contributed by atoms with E-state index < -0.39 is 0 Å². The van der Waals surface area contributed by atoms with Gasteiger partial charge < -0.3 is 4.74 Å². The SMILES string of the molecule is C=C/C=C(/OC)C(=C)C#CC(C)C. The molecule has 0 aliphatic rings. The normalized spacial score (nSPS) is 10.3. The highest BCUT2D eigenvalue weighted by atomic mass is 16.5. The van der Waals surface area contributed by atoms with Crippen molar-refractivity contribution in [2.45, 2.75) is 13.8 Å². The molecule has 0 aliphatic heterocycles. The van der Waals surface area contributed by atoms with Crippen LogP contribution >= 0.6 is 0 Å². The van der Waals surface area contributed by atoms with Gasteiger partial charge in [0.25, 0.3) is 0 Å². The van der Waals surface area contributed by atoms with Crippen molar-refractivity contribution in [3.63, 3.8) is 0 Å². The second-order valence-corrected chi connectivity index (χ2v) is 2.87. The van der Waals surface area contributed by atoms with Gasteiger partial charge in [0.1, 0.15) is 5.76 Å². The average Bonchev–Trinajstić information content (AvgIpc) is 2.10. The Bertz CT molecular complexity index is 271. The molecule has 0 aromatic rings. The van der Waals surface area contributed by atoms with E-state index in [2.05, 4.69) is 25.0 Å². The number of hydrogen-bond donors (Lipinski definition) is 0. The Morgan fingerprint density at radius 2 is 2.08 bits per heavy atom. The number of hydrogen-bond acceptors (Lipinski definition) is 1. The molecular formula is C12H16O. The van der Waals surface area contributed by atoms with Gasteiger partial charge in [-0.3, -0.25) is 0 Å². The summed E-state index contributed by atoms with van der Waals surface area (Å²) in [6, 6.07) is 0. The third kappa shape index (κ3) is 4.92. The highest BCUT2D eigenvalue weighted by Crippen LogP contribution is 2.07. The molecule has 0 radical (unpaired) electrons. The van der Waals surface area contributed by atoms with Gasteiger partial charge in [-0.15, -0.1) is 0 Å². The summed E-state index contributed by atoms with van der Waals surface area (Å²) in [7, 11) is 1.59. The van der Waals surface area contributed by atoms with Gasteiger partial charge in [-0.25, -0.2) is 0 Å². The molecule has 70 valence electrons. The van der Waals surface area contributed by atoms with E-state index in [1.54, 1.807) is 19.3 Å². The van der Waals surface area contributed by atoms with E-state index in [4.69, 9.17) is 4.74 Å². The Hall–Kier alpha value is -1.42. The zero-order valence-electron chi connectivity index (χ0n) is 8.55. The largest absolute Gasteiger partial charge is 0.495 e. The molecule has 1 heteroatoms. The first kappa shape index (κ1) is 11.6. The molecule has 0 saturated heterocycles. The first-order valence-electron chi connectivity index (χ1n) is 4.19. The third-order valence-corrected chi connectivity index (χ3v) is 1.30. The monoisotopic (exact) mass is 176 g/mol. The summed E-state index contributed by atoms with van der Waals surface area (Å²) in [5.74, 6) is 6.96. The quantitative estimate of drug-likeness (QED) is 0.365. The summed E-state index contributed by atoms with van der Waals surface area (Å²) in [5, 5.41) is 0. The molecule has 0 fully saturated rings. The minimum absolute atomic E-state index is 0.346. The van der Waals surface area contributed by atoms with Gasteiger partial charge in [0, 0.05) is 5.92 Å². The van der Waals surface area contributed by atoms with Crippen LogP contribution in [0.2, 0.25) is 0 Å². The van der Waals surface area contributed by atoms with Crippen molar-refractivity contribution in [2.75, 3.05) is 7.11 Å². The van der Waals surface area contributed by atoms with Crippen LogP contribution in [0.4, 0.5) is 0 Å². The van der Waals surface area contributed by atoms with Crippen molar-refractivity contribution in [3.8, 4) is 11.8 Å². The van der Waals surface area contributed by atoms with E-state index >= 15 is 0 Å². The lowest BCUT2D eigenvalue weighted by Crippen LogP contribution is -1.89. The van der Waals surface area contributed by atoms with E-state index in [0.29, 0.717) is 17.3 Å². The Morgan fingerprint density at radius 1 is 1.46 bits per heavy atom. The van der Waals surface area contributed by atoms with Crippen LogP contribution < -0.4 is 0 Å². The van der Waals surface area contributed by atoms with Gasteiger partial charge in [0.05, 0.1) is 12.7 Å². The molecule has 0 bridgehead atoms. The molecule has 0 saturated carbocycles. The van der Waals surface area contributed by atoms with Crippen molar-refractivity contribution in [2.24, 2.45) is 5.92 Å². The van der Waals surface area contributed by atoms with Crippen LogP contribution in [0.25, 0.3) is 0 Å². The molecule has 0 N–H and O–H groups in total. The minimum Gasteiger partial charge on any atom is -0.495 e. The number of methoxy groups -OCH3 is 1. The van der Waals surface area contributed by atoms with Gasteiger partial charge in [-0.1, -0.05) is 44.9 Å². The maximum absolute atomic E-state index is 5.07. The predicted octanol–water partition coefficient (Wildman–Crippen LogP) is 2.92. The molecule has 0 atom stereocenters. The zero-order chi connectivity index (χ0) is 10.3. The lowest BCUT2D eigenvalue weighted by molar-refractivity contribution is 0.303. The third-order valence-electron chi connectivity index (χ3n) is 1.30. The van der Waals surface area contributed by atoms with Gasteiger partial charge in [-0.05, 0) is 6.08 Å². The molecule has 1 nitrogen and oxygen atoms in total. The Morgan fingerprint density at radius 3 is 2.46 bits per heavy atom. The zero-order valence-corrected chi connectivity index (χ0v) is 8.55. The van der Waals surface area contributed by atoms with Gasteiger partial charge in [-0.2, -0.15) is 0 Å². The van der Waals surface area contributed by atoms with E-state index in [0.717, 1.165) is 0 Å². The second-order valence-electron chi connectivity index (χ2n) is 2.87. The fraction of sp³-hybridized carbons (Fsp3) is 0.333. The van der Waals surface area contributed by atoms with Crippen LogP contribution in [-0.4, -0.2) is 7.11 Å². The van der Waals surface area contributed by atoms with Gasteiger partial charge >= 0.3 is 0 Å².